The molecule has 0 radical (unpaired) electrons. The fourth-order valence-electron chi connectivity index (χ4n) is 1.93. The van der Waals surface area contributed by atoms with Crippen LogP contribution in [0.1, 0.15) is 50.9 Å². The number of nitrogens with one attached hydrogen (secondary N) is 3. The minimum atomic E-state index is -0.610. The first-order valence-corrected chi connectivity index (χ1v) is 8.81. The number of hydrogen-bond acceptors (Lipinski definition) is 8. The van der Waals surface area contributed by atoms with Gasteiger partial charge in [0.1, 0.15) is 11.6 Å². The summed E-state index contributed by atoms with van der Waals surface area (Å²) in [5.41, 5.74) is -0.733. The summed E-state index contributed by atoms with van der Waals surface area (Å²) in [5, 5.41) is 10.6. The van der Waals surface area contributed by atoms with Crippen LogP contribution in [0.2, 0.25) is 0 Å². The maximum absolute atomic E-state index is 11.8. The molecule has 26 heavy (non-hydrogen) atoms. The van der Waals surface area contributed by atoms with E-state index in [4.69, 9.17) is 9.15 Å². The fraction of sp³-hybridized carbons (Fsp3) is 0.533. The van der Waals surface area contributed by atoms with Gasteiger partial charge in [-0.25, -0.2) is 9.59 Å². The van der Waals surface area contributed by atoms with E-state index in [1.807, 2.05) is 0 Å². The zero-order valence-electron chi connectivity index (χ0n) is 15.1. The molecule has 10 nitrogen and oxygen atoms in total. The highest BCUT2D eigenvalue weighted by Gasteiger charge is 2.21. The van der Waals surface area contributed by atoms with Crippen molar-refractivity contribution in [3.63, 3.8) is 0 Å². The standard InChI is InChI=1S/C15H21N5O5S/c1-7-9(10(21)18-12(22)16-7)6-26-14-20-19-11(24-14)8(2)17-13(23)25-15(3,4)5/h8H,6H2,1-5H3,(H,17,23)(H2,16,18,21,22). The topological polar surface area (TPSA) is 143 Å². The lowest BCUT2D eigenvalue weighted by molar-refractivity contribution is 0.0500. The molecule has 0 aliphatic carbocycles. The highest BCUT2D eigenvalue weighted by Crippen LogP contribution is 2.23. The quantitative estimate of drug-likeness (QED) is 0.661. The number of thioether (sulfide) groups is 1. The fourth-order valence-corrected chi connectivity index (χ4v) is 2.79. The average Bonchev–Trinajstić information content (AvgIpc) is 2.92. The number of alkyl carbamates (subject to hydrolysis) is 1. The predicted molar refractivity (Wildman–Crippen MR) is 94.1 cm³/mol. The van der Waals surface area contributed by atoms with Crippen LogP contribution in [0, 0.1) is 6.92 Å². The molecule has 2 rings (SSSR count). The summed E-state index contributed by atoms with van der Waals surface area (Å²) in [7, 11) is 0. The Labute approximate surface area is 153 Å². The van der Waals surface area contributed by atoms with E-state index in [1.165, 1.54) is 0 Å². The second-order valence-corrected chi connectivity index (χ2v) is 7.50. The molecule has 2 aromatic rings. The third-order valence-corrected chi connectivity index (χ3v) is 3.97. The van der Waals surface area contributed by atoms with Crippen LogP contribution >= 0.6 is 11.8 Å². The van der Waals surface area contributed by atoms with Gasteiger partial charge in [0.05, 0.1) is 0 Å². The molecule has 1 atom stereocenters. The molecule has 2 heterocycles. The smallest absolute Gasteiger partial charge is 0.408 e. The molecule has 0 aliphatic rings. The van der Waals surface area contributed by atoms with Gasteiger partial charge in [-0.05, 0) is 34.6 Å². The van der Waals surface area contributed by atoms with Gasteiger partial charge in [0, 0.05) is 17.0 Å². The lowest BCUT2D eigenvalue weighted by Gasteiger charge is -2.20. The minimum absolute atomic E-state index is 0.213. The number of aromatic amines is 2. The Morgan fingerprint density at radius 1 is 1.31 bits per heavy atom. The molecular weight excluding hydrogens is 362 g/mol. The van der Waals surface area contributed by atoms with Gasteiger partial charge in [0.2, 0.25) is 5.89 Å². The number of rotatable bonds is 5. The SMILES string of the molecule is Cc1[nH]c(=O)[nH]c(=O)c1CSc1nnc(C(C)NC(=O)OC(C)(C)C)o1. The molecule has 3 N–H and O–H groups in total. The molecule has 0 saturated carbocycles. The third kappa shape index (κ3) is 5.48. The van der Waals surface area contributed by atoms with Gasteiger partial charge in [-0.15, -0.1) is 10.2 Å². The van der Waals surface area contributed by atoms with Crippen molar-refractivity contribution < 1.29 is 13.9 Å². The minimum Gasteiger partial charge on any atom is -0.444 e. The Morgan fingerprint density at radius 2 is 2.00 bits per heavy atom. The summed E-state index contributed by atoms with van der Waals surface area (Å²) in [6.45, 7) is 8.61. The third-order valence-electron chi connectivity index (χ3n) is 3.12. The van der Waals surface area contributed by atoms with E-state index in [2.05, 4.69) is 25.5 Å². The van der Waals surface area contributed by atoms with E-state index in [-0.39, 0.29) is 16.9 Å². The first-order valence-electron chi connectivity index (χ1n) is 7.83. The lowest BCUT2D eigenvalue weighted by Crippen LogP contribution is -2.34. The Morgan fingerprint density at radius 3 is 2.62 bits per heavy atom. The summed E-state index contributed by atoms with van der Waals surface area (Å²) in [6, 6.07) is -0.537. The number of aromatic nitrogens is 4. The highest BCUT2D eigenvalue weighted by molar-refractivity contribution is 7.98. The van der Waals surface area contributed by atoms with Gasteiger partial charge in [-0.2, -0.15) is 0 Å². The van der Waals surface area contributed by atoms with Crippen LogP contribution in [-0.4, -0.2) is 31.9 Å². The molecule has 0 saturated heterocycles. The zero-order valence-corrected chi connectivity index (χ0v) is 15.9. The zero-order chi connectivity index (χ0) is 19.5. The predicted octanol–water partition coefficient (Wildman–Crippen LogP) is 1.63. The van der Waals surface area contributed by atoms with Crippen LogP contribution in [0.4, 0.5) is 4.79 Å². The highest BCUT2D eigenvalue weighted by atomic mass is 32.2. The van der Waals surface area contributed by atoms with Crippen LogP contribution in [0.3, 0.4) is 0 Å². The van der Waals surface area contributed by atoms with Crippen LogP contribution in [0.25, 0.3) is 0 Å². The van der Waals surface area contributed by atoms with Crippen LogP contribution in [0.15, 0.2) is 19.2 Å². The van der Waals surface area contributed by atoms with E-state index in [1.54, 1.807) is 34.6 Å². The number of H-pyrrole nitrogens is 2. The van der Waals surface area contributed by atoms with Crippen molar-refractivity contribution in [2.24, 2.45) is 0 Å². The number of carbonyl (C=O) groups excluding carboxylic acids is 1. The van der Waals surface area contributed by atoms with Crippen LogP contribution in [-0.2, 0) is 10.5 Å². The number of ether oxygens (including phenoxy) is 1. The molecular formula is C15H21N5O5S. The van der Waals surface area contributed by atoms with E-state index in [0.717, 1.165) is 11.8 Å². The van der Waals surface area contributed by atoms with Gasteiger partial charge < -0.3 is 19.5 Å². The van der Waals surface area contributed by atoms with Gasteiger partial charge in [0.25, 0.3) is 10.8 Å². The molecule has 2 aromatic heterocycles. The van der Waals surface area contributed by atoms with Gasteiger partial charge in [-0.1, -0.05) is 11.8 Å². The lowest BCUT2D eigenvalue weighted by atomic mass is 10.2. The van der Waals surface area contributed by atoms with Crippen LogP contribution < -0.4 is 16.6 Å². The number of amides is 1. The summed E-state index contributed by atoms with van der Waals surface area (Å²) in [4.78, 5) is 39.5. The number of carbonyl (C=O) groups is 1. The van der Waals surface area contributed by atoms with Gasteiger partial charge in [0.15, 0.2) is 0 Å². The Bertz CT molecular complexity index is 895. The van der Waals surface area contributed by atoms with Crippen molar-refractivity contribution in [2.75, 3.05) is 0 Å². The first-order chi connectivity index (χ1) is 12.0. The molecule has 0 bridgehead atoms. The Kier molecular flexibility index (Phi) is 5.90. The first kappa shape index (κ1) is 19.8. The number of aryl methyl sites for hydroxylation is 1. The molecule has 1 amide bonds. The molecule has 142 valence electrons. The van der Waals surface area contributed by atoms with Crippen LogP contribution in [0.5, 0.6) is 0 Å². The maximum atomic E-state index is 11.8. The monoisotopic (exact) mass is 383 g/mol. The van der Waals surface area contributed by atoms with Crippen molar-refractivity contribution in [3.05, 3.63) is 38.0 Å². The second kappa shape index (κ2) is 7.77. The van der Waals surface area contributed by atoms with Gasteiger partial charge in [-0.3, -0.25) is 9.78 Å². The summed E-state index contributed by atoms with van der Waals surface area (Å²) < 4.78 is 10.7. The van der Waals surface area contributed by atoms with Crippen molar-refractivity contribution in [1.82, 2.24) is 25.5 Å². The molecule has 1 unspecified atom stereocenters. The molecule has 0 spiro atoms. The molecule has 0 aromatic carbocycles. The summed E-state index contributed by atoms with van der Waals surface area (Å²) in [5.74, 6) is 0.457. The van der Waals surface area contributed by atoms with Crippen molar-refractivity contribution >= 4 is 17.9 Å². The van der Waals surface area contributed by atoms with E-state index < -0.39 is 29.0 Å². The normalized spacial score (nSPS) is 12.7. The van der Waals surface area contributed by atoms with E-state index >= 15 is 0 Å². The molecule has 0 aliphatic heterocycles. The average molecular weight is 383 g/mol. The van der Waals surface area contributed by atoms with Gasteiger partial charge >= 0.3 is 11.8 Å². The summed E-state index contributed by atoms with van der Waals surface area (Å²) >= 11 is 1.15. The maximum Gasteiger partial charge on any atom is 0.408 e. The molecule has 0 fully saturated rings. The number of nitrogens with zero attached hydrogens (tertiary/aromatic N) is 2. The van der Waals surface area contributed by atoms with Crippen molar-refractivity contribution in [3.8, 4) is 0 Å². The molecule has 11 heteroatoms. The Balaban J connectivity index is 1.98. The number of hydrogen-bond donors (Lipinski definition) is 3. The van der Waals surface area contributed by atoms with Crippen molar-refractivity contribution in [2.45, 2.75) is 57.2 Å². The second-order valence-electron chi connectivity index (χ2n) is 6.57. The van der Waals surface area contributed by atoms with Crippen molar-refractivity contribution in [1.29, 1.82) is 0 Å². The Hall–Kier alpha value is -2.56. The summed E-state index contributed by atoms with van der Waals surface area (Å²) in [6.07, 6.45) is -0.590. The largest absolute Gasteiger partial charge is 0.444 e. The van der Waals surface area contributed by atoms with E-state index in [9.17, 15) is 14.4 Å². The van der Waals surface area contributed by atoms with E-state index in [0.29, 0.717) is 11.3 Å².